The van der Waals surface area contributed by atoms with E-state index in [0.29, 0.717) is 4.90 Å². The summed E-state index contributed by atoms with van der Waals surface area (Å²) >= 11 is 0. The van der Waals surface area contributed by atoms with Crippen LogP contribution < -0.4 is 20.9 Å². The third kappa shape index (κ3) is 7.80. The molecule has 0 fully saturated rings. The topological polar surface area (TPSA) is 91.7 Å². The summed E-state index contributed by atoms with van der Waals surface area (Å²) in [4.78, 5) is 36.4. The van der Waals surface area contributed by atoms with Crippen molar-refractivity contribution in [3.8, 4) is 0 Å². The number of imide groups is 1. The van der Waals surface area contributed by atoms with Gasteiger partial charge in [0.15, 0.2) is 13.1 Å². The van der Waals surface area contributed by atoms with Crippen molar-refractivity contribution < 1.29 is 19.3 Å². The Bertz CT molecular complexity index is 630. The van der Waals surface area contributed by atoms with Crippen LogP contribution in [0.5, 0.6) is 0 Å². The summed E-state index contributed by atoms with van der Waals surface area (Å²) in [6.07, 6.45) is 0. The lowest BCUT2D eigenvalue weighted by atomic mass is 10.1. The molecule has 138 valence electrons. The molecule has 0 spiro atoms. The van der Waals surface area contributed by atoms with Gasteiger partial charge in [0.25, 0.3) is 11.8 Å². The van der Waals surface area contributed by atoms with Gasteiger partial charge in [-0.1, -0.05) is 18.2 Å². The monoisotopic (exact) mass is 349 g/mol. The second-order valence-electron chi connectivity index (χ2n) is 7.38. The van der Waals surface area contributed by atoms with E-state index in [1.807, 2.05) is 52.8 Å². The van der Waals surface area contributed by atoms with Crippen LogP contribution in [0.2, 0.25) is 0 Å². The first-order chi connectivity index (χ1) is 11.5. The minimum Gasteiger partial charge on any atom is -0.333 e. The highest BCUT2D eigenvalue weighted by Crippen LogP contribution is 2.18. The molecule has 0 bridgehead atoms. The van der Waals surface area contributed by atoms with Gasteiger partial charge in [0, 0.05) is 11.2 Å². The van der Waals surface area contributed by atoms with Crippen LogP contribution in [0.25, 0.3) is 0 Å². The molecule has 0 aliphatic heterocycles. The van der Waals surface area contributed by atoms with Gasteiger partial charge >= 0.3 is 6.03 Å². The van der Waals surface area contributed by atoms with Crippen LogP contribution in [0.3, 0.4) is 0 Å². The highest BCUT2D eigenvalue weighted by atomic mass is 16.2. The van der Waals surface area contributed by atoms with Crippen molar-refractivity contribution in [1.29, 1.82) is 0 Å². The van der Waals surface area contributed by atoms with Crippen molar-refractivity contribution in [3.05, 3.63) is 29.3 Å². The minimum atomic E-state index is -0.537. The first kappa shape index (κ1) is 20.6. The largest absolute Gasteiger partial charge is 0.333 e. The number of likely N-dealkylation sites (N-methyl/N-ethyl adjacent to an activating group) is 1. The average molecular weight is 349 g/mol. The molecule has 0 radical (unpaired) electrons. The van der Waals surface area contributed by atoms with E-state index < -0.39 is 17.5 Å². The van der Waals surface area contributed by atoms with Gasteiger partial charge in [0.2, 0.25) is 0 Å². The van der Waals surface area contributed by atoms with Gasteiger partial charge in [0.1, 0.15) is 0 Å². The van der Waals surface area contributed by atoms with Crippen LogP contribution >= 0.6 is 0 Å². The summed E-state index contributed by atoms with van der Waals surface area (Å²) in [7, 11) is 1.73. The lowest BCUT2D eigenvalue weighted by Crippen LogP contribution is -3.11. The van der Waals surface area contributed by atoms with Crippen molar-refractivity contribution >= 4 is 23.5 Å². The van der Waals surface area contributed by atoms with E-state index in [1.165, 1.54) is 0 Å². The molecule has 4 N–H and O–H groups in total. The molecule has 1 rings (SSSR count). The number of aryl methyl sites for hydroxylation is 2. The molecule has 0 saturated heterocycles. The SMILES string of the molecule is Cc1cccc(C)c1NC(=O)C[NH+](C)CC(=O)NC(=O)NC(C)(C)C. The van der Waals surface area contributed by atoms with Crippen LogP contribution in [0.1, 0.15) is 31.9 Å². The number of hydrogen-bond donors (Lipinski definition) is 4. The second-order valence-corrected chi connectivity index (χ2v) is 7.38. The second kappa shape index (κ2) is 8.62. The van der Waals surface area contributed by atoms with E-state index in [4.69, 9.17) is 0 Å². The summed E-state index contributed by atoms with van der Waals surface area (Å²) in [6.45, 7) is 9.49. The maximum Gasteiger partial charge on any atom is 0.322 e. The van der Waals surface area contributed by atoms with Gasteiger partial charge in [-0.3, -0.25) is 14.9 Å². The third-order valence-electron chi connectivity index (χ3n) is 3.41. The third-order valence-corrected chi connectivity index (χ3v) is 3.41. The summed E-state index contributed by atoms with van der Waals surface area (Å²) in [5, 5.41) is 7.80. The van der Waals surface area contributed by atoms with Crippen LogP contribution in [-0.4, -0.2) is 43.5 Å². The summed E-state index contributed by atoms with van der Waals surface area (Å²) in [5.74, 6) is -0.610. The van der Waals surface area contributed by atoms with Gasteiger partial charge in [-0.05, 0) is 45.7 Å². The summed E-state index contributed by atoms with van der Waals surface area (Å²) in [5.41, 5.74) is 2.36. The number of carbonyl (C=O) groups excluding carboxylic acids is 3. The van der Waals surface area contributed by atoms with Crippen molar-refractivity contribution in [1.82, 2.24) is 10.6 Å². The fourth-order valence-electron chi connectivity index (χ4n) is 2.35. The molecular formula is C18H29N4O3+. The average Bonchev–Trinajstić information content (AvgIpc) is 2.40. The van der Waals surface area contributed by atoms with Crippen molar-refractivity contribution in [2.75, 3.05) is 25.5 Å². The fourth-order valence-corrected chi connectivity index (χ4v) is 2.35. The number of carbonyl (C=O) groups is 3. The maximum atomic E-state index is 12.2. The minimum absolute atomic E-state index is 0.0255. The Hall–Kier alpha value is -2.41. The number of hydrogen-bond acceptors (Lipinski definition) is 3. The normalized spacial score (nSPS) is 12.2. The van der Waals surface area contributed by atoms with Gasteiger partial charge in [0.05, 0.1) is 7.05 Å². The van der Waals surface area contributed by atoms with E-state index >= 15 is 0 Å². The Kier molecular flexibility index (Phi) is 7.11. The molecule has 1 unspecified atom stereocenters. The highest BCUT2D eigenvalue weighted by molar-refractivity contribution is 5.95. The molecular weight excluding hydrogens is 320 g/mol. The fraction of sp³-hybridized carbons (Fsp3) is 0.500. The molecule has 7 nitrogen and oxygen atoms in total. The van der Waals surface area contributed by atoms with Crippen molar-refractivity contribution in [3.63, 3.8) is 0 Å². The van der Waals surface area contributed by atoms with E-state index in [9.17, 15) is 14.4 Å². The molecule has 1 atom stereocenters. The van der Waals surface area contributed by atoms with E-state index in [-0.39, 0.29) is 19.0 Å². The van der Waals surface area contributed by atoms with E-state index in [2.05, 4.69) is 16.0 Å². The summed E-state index contributed by atoms with van der Waals surface area (Å²) < 4.78 is 0. The lowest BCUT2D eigenvalue weighted by molar-refractivity contribution is -0.862. The Morgan fingerprint density at radius 1 is 1.00 bits per heavy atom. The molecule has 0 saturated carbocycles. The highest BCUT2D eigenvalue weighted by Gasteiger charge is 2.19. The van der Waals surface area contributed by atoms with Crippen LogP contribution in [0.4, 0.5) is 10.5 Å². The first-order valence-electron chi connectivity index (χ1n) is 8.27. The van der Waals surface area contributed by atoms with Crippen molar-refractivity contribution in [2.24, 2.45) is 0 Å². The van der Waals surface area contributed by atoms with Crippen LogP contribution in [-0.2, 0) is 9.59 Å². The number of rotatable bonds is 5. The smallest absolute Gasteiger partial charge is 0.322 e. The molecule has 0 heterocycles. The van der Waals surface area contributed by atoms with E-state index in [0.717, 1.165) is 16.8 Å². The zero-order valence-corrected chi connectivity index (χ0v) is 15.9. The molecule has 1 aromatic rings. The van der Waals surface area contributed by atoms with E-state index in [1.54, 1.807) is 7.05 Å². The maximum absolute atomic E-state index is 12.2. The van der Waals surface area contributed by atoms with Crippen LogP contribution in [0, 0.1) is 13.8 Å². The van der Waals surface area contributed by atoms with Gasteiger partial charge in [-0.25, -0.2) is 4.79 Å². The molecule has 0 aromatic heterocycles. The molecule has 4 amide bonds. The molecule has 7 heteroatoms. The number of benzene rings is 1. The van der Waals surface area contributed by atoms with Gasteiger partial charge in [-0.15, -0.1) is 0 Å². The number of urea groups is 1. The number of amides is 4. The number of para-hydroxylation sites is 1. The number of anilines is 1. The number of nitrogens with one attached hydrogen (secondary N) is 4. The molecule has 25 heavy (non-hydrogen) atoms. The quantitative estimate of drug-likeness (QED) is 0.619. The molecule has 0 aliphatic carbocycles. The zero-order valence-electron chi connectivity index (χ0n) is 15.9. The first-order valence-corrected chi connectivity index (χ1v) is 8.27. The van der Waals surface area contributed by atoms with Gasteiger partial charge in [-0.2, -0.15) is 0 Å². The number of quaternary nitrogens is 1. The van der Waals surface area contributed by atoms with Crippen LogP contribution in [0.15, 0.2) is 18.2 Å². The van der Waals surface area contributed by atoms with Gasteiger partial charge < -0.3 is 15.5 Å². The summed E-state index contributed by atoms with van der Waals surface area (Å²) in [6, 6.07) is 5.26. The molecule has 1 aromatic carbocycles. The predicted molar refractivity (Wildman–Crippen MR) is 97.6 cm³/mol. The molecule has 0 aliphatic rings. The predicted octanol–water partition coefficient (Wildman–Crippen LogP) is 0.381. The Morgan fingerprint density at radius 2 is 1.52 bits per heavy atom. The zero-order chi connectivity index (χ0) is 19.2. The standard InChI is InChI=1S/C18H28N4O3/c1-12-8-7-9-13(2)16(12)19-14(23)10-22(6)11-15(24)20-17(25)21-18(3,4)5/h7-9H,10-11H2,1-6H3,(H,19,23)(H2,20,21,24,25)/p+1. The lowest BCUT2D eigenvalue weighted by Gasteiger charge is -2.20. The Labute approximate surface area is 149 Å². The Morgan fingerprint density at radius 3 is 2.04 bits per heavy atom. The Balaban J connectivity index is 2.48. The van der Waals surface area contributed by atoms with Crippen molar-refractivity contribution in [2.45, 2.75) is 40.2 Å².